The highest BCUT2D eigenvalue weighted by atomic mass is 16.5. The zero-order valence-electron chi connectivity index (χ0n) is 15.3. The first kappa shape index (κ1) is 18.0. The van der Waals surface area contributed by atoms with Gasteiger partial charge in [0.25, 0.3) is 0 Å². The largest absolute Gasteiger partial charge is 0.374 e. The van der Waals surface area contributed by atoms with Crippen molar-refractivity contribution in [3.8, 4) is 0 Å². The normalized spacial score (nSPS) is 18.8. The molecule has 25 heavy (non-hydrogen) atoms. The summed E-state index contributed by atoms with van der Waals surface area (Å²) in [5.74, 6) is 0.743. The number of carbonyl (C=O) groups excluding carboxylic acids is 1. The first-order valence-corrected chi connectivity index (χ1v) is 9.26. The summed E-state index contributed by atoms with van der Waals surface area (Å²) in [5, 5.41) is 4.24. The fourth-order valence-electron chi connectivity index (χ4n) is 3.46. The van der Waals surface area contributed by atoms with E-state index < -0.39 is 0 Å². The van der Waals surface area contributed by atoms with Crippen molar-refractivity contribution in [1.29, 1.82) is 0 Å². The summed E-state index contributed by atoms with van der Waals surface area (Å²) in [5.41, 5.74) is 1.18. The number of ether oxygens (including phenoxy) is 1. The molecule has 2 heterocycles. The average molecular weight is 343 g/mol. The molecule has 0 spiro atoms. The maximum atomic E-state index is 12.2. The van der Waals surface area contributed by atoms with Gasteiger partial charge in [0.1, 0.15) is 0 Å². The highest BCUT2D eigenvalue weighted by molar-refractivity contribution is 5.80. The molecule has 1 N–H and O–H groups in total. The number of para-hydroxylation sites is 1. The summed E-state index contributed by atoms with van der Waals surface area (Å²) in [6, 6.07) is 10.3. The Kier molecular flexibility index (Phi) is 6.10. The van der Waals surface area contributed by atoms with Gasteiger partial charge in [-0.1, -0.05) is 32.0 Å². The number of nitrogens with zero attached hydrogens (tertiary/aromatic N) is 2. The highest BCUT2D eigenvalue weighted by Crippen LogP contribution is 2.15. The summed E-state index contributed by atoms with van der Waals surface area (Å²) in [6.45, 7) is 9.50. The molecule has 1 amide bonds. The van der Waals surface area contributed by atoms with E-state index in [0.29, 0.717) is 25.4 Å². The van der Waals surface area contributed by atoms with Gasteiger partial charge in [-0.3, -0.25) is 9.69 Å². The van der Waals surface area contributed by atoms with Crippen LogP contribution in [0, 0.1) is 5.92 Å². The van der Waals surface area contributed by atoms with Gasteiger partial charge in [-0.15, -0.1) is 0 Å². The average Bonchev–Trinajstić information content (AvgIpc) is 3.01. The van der Waals surface area contributed by atoms with Crippen LogP contribution in [0.1, 0.15) is 20.3 Å². The Hall–Kier alpha value is -1.85. The minimum Gasteiger partial charge on any atom is -0.374 e. The SMILES string of the molecule is CC(C)CN1CCO[C@@H](CNC(=O)CCn2ccc3ccccc32)C1. The molecule has 0 bridgehead atoms. The number of rotatable bonds is 7. The molecule has 3 rings (SSSR count). The van der Waals surface area contributed by atoms with Gasteiger partial charge >= 0.3 is 0 Å². The molecule has 0 radical (unpaired) electrons. The molecule has 1 saturated heterocycles. The third-order valence-electron chi connectivity index (χ3n) is 4.63. The quantitative estimate of drug-likeness (QED) is 0.840. The molecule has 1 aromatic carbocycles. The number of hydrogen-bond donors (Lipinski definition) is 1. The van der Waals surface area contributed by atoms with Crippen molar-refractivity contribution in [3.63, 3.8) is 0 Å². The molecular weight excluding hydrogens is 314 g/mol. The van der Waals surface area contributed by atoms with Gasteiger partial charge in [-0.05, 0) is 23.4 Å². The molecule has 5 nitrogen and oxygen atoms in total. The molecule has 2 aromatic rings. The summed E-state index contributed by atoms with van der Waals surface area (Å²) in [7, 11) is 0. The number of carbonyl (C=O) groups is 1. The zero-order valence-corrected chi connectivity index (χ0v) is 15.3. The number of benzene rings is 1. The van der Waals surface area contributed by atoms with E-state index >= 15 is 0 Å². The van der Waals surface area contributed by atoms with Crippen molar-refractivity contribution in [2.75, 3.05) is 32.8 Å². The lowest BCUT2D eigenvalue weighted by molar-refractivity contribution is -0.122. The Balaban J connectivity index is 1.42. The van der Waals surface area contributed by atoms with Gasteiger partial charge in [-0.2, -0.15) is 0 Å². The van der Waals surface area contributed by atoms with Crippen molar-refractivity contribution in [3.05, 3.63) is 36.5 Å². The number of amides is 1. The number of fused-ring (bicyclic) bond motifs is 1. The van der Waals surface area contributed by atoms with Crippen molar-refractivity contribution in [2.45, 2.75) is 32.9 Å². The molecule has 5 heteroatoms. The van der Waals surface area contributed by atoms with Crippen LogP contribution in [0.4, 0.5) is 0 Å². The van der Waals surface area contributed by atoms with Gasteiger partial charge in [0, 0.05) is 50.9 Å². The summed E-state index contributed by atoms with van der Waals surface area (Å²) >= 11 is 0. The van der Waals surface area contributed by atoms with Crippen molar-refractivity contribution in [1.82, 2.24) is 14.8 Å². The highest BCUT2D eigenvalue weighted by Gasteiger charge is 2.21. The standard InChI is InChI=1S/C20H29N3O2/c1-16(2)14-22-11-12-25-18(15-22)13-21-20(24)8-10-23-9-7-17-5-3-4-6-19(17)23/h3-7,9,16,18H,8,10-15H2,1-2H3,(H,21,24)/t18-/m0/s1. The van der Waals surface area contributed by atoms with Crippen LogP contribution in [0.15, 0.2) is 36.5 Å². The Labute approximate surface area is 149 Å². The Morgan fingerprint density at radius 2 is 2.16 bits per heavy atom. The lowest BCUT2D eigenvalue weighted by Gasteiger charge is -2.33. The predicted molar refractivity (Wildman–Crippen MR) is 101 cm³/mol. The monoisotopic (exact) mass is 343 g/mol. The summed E-state index contributed by atoms with van der Waals surface area (Å²) in [6.07, 6.45) is 2.64. The number of nitrogens with one attached hydrogen (secondary N) is 1. The number of aromatic nitrogens is 1. The minimum atomic E-state index is 0.0855. The van der Waals surface area contributed by atoms with Gasteiger partial charge in [-0.25, -0.2) is 0 Å². The lowest BCUT2D eigenvalue weighted by Crippen LogP contribution is -2.48. The van der Waals surface area contributed by atoms with Crippen LogP contribution in [-0.4, -0.2) is 54.3 Å². The molecule has 0 saturated carbocycles. The fraction of sp³-hybridized carbons (Fsp3) is 0.550. The topological polar surface area (TPSA) is 46.5 Å². The number of morpholine rings is 1. The van der Waals surface area contributed by atoms with Crippen LogP contribution in [-0.2, 0) is 16.1 Å². The maximum Gasteiger partial charge on any atom is 0.221 e. The predicted octanol–water partition coefficient (Wildman–Crippen LogP) is 2.50. The van der Waals surface area contributed by atoms with Crippen molar-refractivity contribution >= 4 is 16.8 Å². The first-order chi connectivity index (χ1) is 12.1. The zero-order chi connectivity index (χ0) is 17.6. The summed E-state index contributed by atoms with van der Waals surface area (Å²) < 4.78 is 7.92. The number of hydrogen-bond acceptors (Lipinski definition) is 3. The van der Waals surface area contributed by atoms with Crippen LogP contribution >= 0.6 is 0 Å². The van der Waals surface area contributed by atoms with Crippen LogP contribution in [0.2, 0.25) is 0 Å². The van der Waals surface area contributed by atoms with Crippen molar-refractivity contribution in [2.24, 2.45) is 5.92 Å². The molecule has 1 aliphatic rings. The maximum absolute atomic E-state index is 12.2. The first-order valence-electron chi connectivity index (χ1n) is 9.26. The second-order valence-electron chi connectivity index (χ2n) is 7.27. The molecule has 0 unspecified atom stereocenters. The van der Waals surface area contributed by atoms with E-state index in [-0.39, 0.29) is 12.0 Å². The van der Waals surface area contributed by atoms with Gasteiger partial charge in [0.05, 0.1) is 12.7 Å². The minimum absolute atomic E-state index is 0.0855. The van der Waals surface area contributed by atoms with E-state index in [1.807, 2.05) is 18.3 Å². The molecule has 0 aliphatic carbocycles. The van der Waals surface area contributed by atoms with E-state index in [0.717, 1.165) is 26.2 Å². The second-order valence-corrected chi connectivity index (χ2v) is 7.27. The summed E-state index contributed by atoms with van der Waals surface area (Å²) in [4.78, 5) is 14.6. The molecule has 1 fully saturated rings. The second kappa shape index (κ2) is 8.50. The van der Waals surface area contributed by atoms with Crippen LogP contribution in [0.5, 0.6) is 0 Å². The van der Waals surface area contributed by atoms with Gasteiger partial charge in [0.2, 0.25) is 5.91 Å². The van der Waals surface area contributed by atoms with Gasteiger partial charge in [0.15, 0.2) is 0 Å². The Morgan fingerprint density at radius 3 is 3.00 bits per heavy atom. The molecule has 1 atom stereocenters. The lowest BCUT2D eigenvalue weighted by atomic mass is 10.2. The smallest absolute Gasteiger partial charge is 0.221 e. The number of aryl methyl sites for hydroxylation is 1. The third-order valence-corrected chi connectivity index (χ3v) is 4.63. The molecular formula is C20H29N3O2. The molecule has 1 aliphatic heterocycles. The fourth-order valence-corrected chi connectivity index (χ4v) is 3.46. The van der Waals surface area contributed by atoms with Gasteiger partial charge < -0.3 is 14.6 Å². The van der Waals surface area contributed by atoms with E-state index in [4.69, 9.17) is 4.74 Å². The van der Waals surface area contributed by atoms with E-state index in [1.165, 1.54) is 10.9 Å². The third kappa shape index (κ3) is 5.06. The van der Waals surface area contributed by atoms with E-state index in [1.54, 1.807) is 0 Å². The van der Waals surface area contributed by atoms with Crippen molar-refractivity contribution < 1.29 is 9.53 Å². The Morgan fingerprint density at radius 1 is 1.32 bits per heavy atom. The Bertz CT molecular complexity index is 695. The van der Waals surface area contributed by atoms with E-state index in [2.05, 4.69) is 46.8 Å². The molecule has 136 valence electrons. The van der Waals surface area contributed by atoms with E-state index in [9.17, 15) is 4.79 Å². The van der Waals surface area contributed by atoms with Crippen LogP contribution in [0.25, 0.3) is 10.9 Å². The van der Waals surface area contributed by atoms with Crippen LogP contribution in [0.3, 0.4) is 0 Å². The molecule has 1 aromatic heterocycles. The van der Waals surface area contributed by atoms with Crippen LogP contribution < -0.4 is 5.32 Å².